The molecule has 0 radical (unpaired) electrons. The maximum Gasteiger partial charge on any atom is 0.417 e. The van der Waals surface area contributed by atoms with Gasteiger partial charge in [0.2, 0.25) is 5.88 Å². The molecule has 10 heteroatoms. The predicted octanol–water partition coefficient (Wildman–Crippen LogP) is 5.66. The van der Waals surface area contributed by atoms with Crippen LogP contribution in [0.15, 0.2) is 36.5 Å². The molecule has 1 N–H and O–H groups in total. The van der Waals surface area contributed by atoms with Gasteiger partial charge in [0, 0.05) is 30.3 Å². The topological polar surface area (TPSA) is 77.9 Å². The van der Waals surface area contributed by atoms with E-state index in [0.29, 0.717) is 30.0 Å². The molecule has 0 aliphatic heterocycles. The molecule has 2 rings (SSSR count). The Morgan fingerprint density at radius 3 is 2.56 bits per heavy atom. The molecule has 0 amide bonds. The molecule has 0 unspecified atom stereocenters. The van der Waals surface area contributed by atoms with Gasteiger partial charge in [-0.2, -0.15) is 13.2 Å². The highest BCUT2D eigenvalue weighted by molar-refractivity contribution is 6.31. The number of hydrogen-bond donors (Lipinski definition) is 1. The van der Waals surface area contributed by atoms with Crippen LogP contribution >= 0.6 is 11.6 Å². The molecule has 1 heterocycles. The average molecular weight is 474 g/mol. The smallest absolute Gasteiger partial charge is 0.417 e. The molecule has 0 saturated carbocycles. The molecular formula is C22H23ClF3NO5. The van der Waals surface area contributed by atoms with Crippen molar-refractivity contribution in [1.82, 2.24) is 4.98 Å². The minimum absolute atomic E-state index is 0.139. The number of aliphatic hydroxyl groups is 1. The number of pyridine rings is 1. The van der Waals surface area contributed by atoms with Crippen molar-refractivity contribution in [2.24, 2.45) is 0 Å². The molecule has 174 valence electrons. The van der Waals surface area contributed by atoms with Crippen LogP contribution in [-0.4, -0.2) is 34.9 Å². The van der Waals surface area contributed by atoms with Crippen molar-refractivity contribution in [2.75, 3.05) is 13.2 Å². The number of halogens is 4. The van der Waals surface area contributed by atoms with E-state index in [-0.39, 0.29) is 29.9 Å². The molecule has 0 aliphatic carbocycles. The molecule has 0 bridgehead atoms. The average Bonchev–Trinajstić information content (AvgIpc) is 2.67. The normalized spacial score (nSPS) is 12.1. The van der Waals surface area contributed by atoms with Crippen molar-refractivity contribution in [3.05, 3.63) is 52.7 Å². The lowest BCUT2D eigenvalue weighted by Crippen LogP contribution is -2.21. The molecule has 0 aliphatic rings. The fraction of sp³-hybridized carbons (Fsp3) is 0.364. The highest BCUT2D eigenvalue weighted by atomic mass is 35.5. The van der Waals surface area contributed by atoms with Crippen molar-refractivity contribution in [3.63, 3.8) is 0 Å². The molecule has 1 aromatic carbocycles. The minimum Gasteiger partial charge on any atom is -0.493 e. The molecular weight excluding hydrogens is 451 g/mol. The van der Waals surface area contributed by atoms with E-state index in [4.69, 9.17) is 25.8 Å². The number of nitrogens with zero attached hydrogens (tertiary/aromatic N) is 1. The Balaban J connectivity index is 2.33. The third-order valence-corrected chi connectivity index (χ3v) is 4.27. The minimum atomic E-state index is -4.60. The summed E-state index contributed by atoms with van der Waals surface area (Å²) >= 11 is 5.94. The van der Waals surface area contributed by atoms with E-state index in [0.717, 1.165) is 0 Å². The number of hydrogen-bond acceptors (Lipinski definition) is 6. The largest absolute Gasteiger partial charge is 0.493 e. The first-order valence-electron chi connectivity index (χ1n) is 9.63. The quantitative estimate of drug-likeness (QED) is 0.374. The molecule has 0 fully saturated rings. The van der Waals surface area contributed by atoms with E-state index in [9.17, 15) is 23.1 Å². The Hall–Kier alpha value is -2.78. The van der Waals surface area contributed by atoms with E-state index in [1.54, 1.807) is 32.9 Å². The number of carbonyl (C=O) groups is 1. The summed E-state index contributed by atoms with van der Waals surface area (Å²) in [6.45, 7) is 5.36. The summed E-state index contributed by atoms with van der Waals surface area (Å²) in [5, 5.41) is 9.47. The second-order valence-corrected chi connectivity index (χ2v) is 7.71. The summed E-state index contributed by atoms with van der Waals surface area (Å²) in [4.78, 5) is 15.3. The van der Waals surface area contributed by atoms with Gasteiger partial charge in [-0.1, -0.05) is 11.6 Å². The predicted molar refractivity (Wildman–Crippen MR) is 113 cm³/mol. The van der Waals surface area contributed by atoms with Crippen LogP contribution in [0.4, 0.5) is 13.2 Å². The Kier molecular flexibility index (Phi) is 8.51. The number of alkyl halides is 3. The summed E-state index contributed by atoms with van der Waals surface area (Å²) < 4.78 is 54.7. The standard InChI is InChI=1S/C22H23ClF3NO5/c1-4-30-19(28)8-6-14-5-7-16(31-10-9-21(2,3)29)12-18(14)32-20-17(23)11-15(13-27-20)22(24,25)26/h5-8,11-13,29H,4,9-10H2,1-3H3/b8-6+. The zero-order valence-corrected chi connectivity index (χ0v) is 18.5. The maximum absolute atomic E-state index is 12.9. The first kappa shape index (κ1) is 25.5. The summed E-state index contributed by atoms with van der Waals surface area (Å²) in [7, 11) is 0. The van der Waals surface area contributed by atoms with Crippen LogP contribution in [0.1, 0.15) is 38.3 Å². The van der Waals surface area contributed by atoms with Crippen LogP contribution < -0.4 is 9.47 Å². The first-order chi connectivity index (χ1) is 14.9. The second kappa shape index (κ2) is 10.7. The van der Waals surface area contributed by atoms with Gasteiger partial charge in [-0.15, -0.1) is 0 Å². The summed E-state index contributed by atoms with van der Waals surface area (Å²) in [5.41, 5.74) is -1.52. The van der Waals surface area contributed by atoms with Crippen molar-refractivity contribution >= 4 is 23.6 Å². The van der Waals surface area contributed by atoms with Crippen LogP contribution in [0.3, 0.4) is 0 Å². The van der Waals surface area contributed by atoms with Gasteiger partial charge in [0.05, 0.1) is 24.4 Å². The lowest BCUT2D eigenvalue weighted by atomic mass is 10.1. The number of benzene rings is 1. The lowest BCUT2D eigenvalue weighted by molar-refractivity contribution is -0.138. The van der Waals surface area contributed by atoms with Gasteiger partial charge in [0.1, 0.15) is 16.5 Å². The van der Waals surface area contributed by atoms with Crippen molar-refractivity contribution in [1.29, 1.82) is 0 Å². The van der Waals surface area contributed by atoms with Gasteiger partial charge in [0.15, 0.2) is 0 Å². The third kappa shape index (κ3) is 8.05. The molecule has 6 nitrogen and oxygen atoms in total. The highest BCUT2D eigenvalue weighted by Crippen LogP contribution is 2.36. The Labute approximate surface area is 188 Å². The van der Waals surface area contributed by atoms with Crippen LogP contribution in [0.2, 0.25) is 5.02 Å². The molecule has 0 spiro atoms. The molecule has 0 atom stereocenters. The monoisotopic (exact) mass is 473 g/mol. The summed E-state index contributed by atoms with van der Waals surface area (Å²) in [5.74, 6) is -0.310. The van der Waals surface area contributed by atoms with Gasteiger partial charge in [-0.3, -0.25) is 0 Å². The van der Waals surface area contributed by atoms with E-state index in [1.165, 1.54) is 18.2 Å². The van der Waals surface area contributed by atoms with E-state index in [2.05, 4.69) is 4.98 Å². The summed E-state index contributed by atoms with van der Waals surface area (Å²) in [6.07, 6.45) is -1.02. The van der Waals surface area contributed by atoms with E-state index >= 15 is 0 Å². The maximum atomic E-state index is 12.9. The SMILES string of the molecule is CCOC(=O)/C=C/c1ccc(OCCC(C)(C)O)cc1Oc1ncc(C(F)(F)F)cc1Cl. The molecule has 1 aromatic heterocycles. The fourth-order valence-corrected chi connectivity index (χ4v) is 2.56. The number of ether oxygens (including phenoxy) is 3. The number of rotatable bonds is 9. The van der Waals surface area contributed by atoms with Gasteiger partial charge >= 0.3 is 12.1 Å². The number of esters is 1. The van der Waals surface area contributed by atoms with Gasteiger partial charge in [-0.05, 0) is 45.0 Å². The zero-order chi connectivity index (χ0) is 23.9. The summed E-state index contributed by atoms with van der Waals surface area (Å²) in [6, 6.07) is 5.39. The molecule has 2 aromatic rings. The lowest BCUT2D eigenvalue weighted by Gasteiger charge is -2.17. The molecule has 0 saturated heterocycles. The Morgan fingerprint density at radius 2 is 1.97 bits per heavy atom. The van der Waals surface area contributed by atoms with Crippen molar-refractivity contribution in [2.45, 2.75) is 39.0 Å². The highest BCUT2D eigenvalue weighted by Gasteiger charge is 2.32. The zero-order valence-electron chi connectivity index (χ0n) is 17.7. The van der Waals surface area contributed by atoms with Gasteiger partial charge in [-0.25, -0.2) is 9.78 Å². The van der Waals surface area contributed by atoms with E-state index < -0.39 is 23.3 Å². The van der Waals surface area contributed by atoms with Crippen LogP contribution in [0.25, 0.3) is 6.08 Å². The Bertz CT molecular complexity index is 971. The van der Waals surface area contributed by atoms with E-state index in [1.807, 2.05) is 0 Å². The van der Waals surface area contributed by atoms with Crippen LogP contribution in [-0.2, 0) is 15.7 Å². The van der Waals surface area contributed by atoms with Gasteiger partial charge in [0.25, 0.3) is 0 Å². The van der Waals surface area contributed by atoms with Crippen LogP contribution in [0, 0.1) is 0 Å². The van der Waals surface area contributed by atoms with Gasteiger partial charge < -0.3 is 19.3 Å². The number of carbonyl (C=O) groups excluding carboxylic acids is 1. The van der Waals surface area contributed by atoms with Crippen LogP contribution in [0.5, 0.6) is 17.4 Å². The first-order valence-corrected chi connectivity index (χ1v) is 10.0. The number of aromatic nitrogens is 1. The Morgan fingerprint density at radius 1 is 1.25 bits per heavy atom. The van der Waals surface area contributed by atoms with Crippen molar-refractivity contribution in [3.8, 4) is 17.4 Å². The van der Waals surface area contributed by atoms with Crippen molar-refractivity contribution < 1.29 is 37.3 Å². The fourth-order valence-electron chi connectivity index (χ4n) is 2.36. The molecule has 32 heavy (non-hydrogen) atoms. The third-order valence-electron chi connectivity index (χ3n) is 3.99. The second-order valence-electron chi connectivity index (χ2n) is 7.31.